The molecule has 2 aromatic carbocycles. The van der Waals surface area contributed by atoms with Gasteiger partial charge in [-0.15, -0.1) is 0 Å². The summed E-state index contributed by atoms with van der Waals surface area (Å²) in [7, 11) is -5.51. The monoisotopic (exact) mass is 1000 g/mol. The normalized spacial score (nSPS) is 20.5. The number of carbonyl (C=O) groups is 2. The maximum atomic E-state index is 15.1. The van der Waals surface area contributed by atoms with Gasteiger partial charge >= 0.3 is 5.97 Å². The number of allylic oxidation sites excluding steroid dienone is 3. The highest BCUT2D eigenvalue weighted by molar-refractivity contribution is 6.99. The first kappa shape index (κ1) is 60.6. The molecule has 0 aromatic heterocycles. The quantitative estimate of drug-likeness (QED) is 0.0345. The van der Waals surface area contributed by atoms with Crippen LogP contribution in [0.15, 0.2) is 96.1 Å². The van der Waals surface area contributed by atoms with Crippen LogP contribution in [-0.2, 0) is 37.1 Å². The van der Waals surface area contributed by atoms with Crippen LogP contribution >= 0.6 is 0 Å². The largest absolute Gasteiger partial charge is 0.466 e. The third-order valence-electron chi connectivity index (χ3n) is 15.6. The zero-order valence-electron chi connectivity index (χ0n) is 46.4. The molecule has 1 aliphatic heterocycles. The second-order valence-corrected chi connectivity index (χ2v) is 35.1. The molecule has 0 bridgehead atoms. The van der Waals surface area contributed by atoms with Crippen LogP contribution in [0.5, 0.6) is 0 Å². The van der Waals surface area contributed by atoms with E-state index in [-0.39, 0.29) is 47.9 Å². The first-order chi connectivity index (χ1) is 32.6. The van der Waals surface area contributed by atoms with Crippen molar-refractivity contribution in [3.05, 3.63) is 96.1 Å². The molecule has 0 N–H and O–H groups in total. The van der Waals surface area contributed by atoms with E-state index in [9.17, 15) is 4.79 Å². The molecule has 1 heterocycles. The summed E-state index contributed by atoms with van der Waals surface area (Å²) < 4.78 is 41.3. The predicted octanol–water partition coefficient (Wildman–Crippen LogP) is 14.1. The Hall–Kier alpha value is -2.75. The van der Waals surface area contributed by atoms with Gasteiger partial charge in [-0.3, -0.25) is 9.59 Å². The summed E-state index contributed by atoms with van der Waals surface area (Å²) in [5.74, 6) is -1.74. The number of ether oxygens (including phenoxy) is 3. The minimum absolute atomic E-state index is 0.0680. The van der Waals surface area contributed by atoms with Gasteiger partial charge < -0.3 is 27.5 Å². The van der Waals surface area contributed by atoms with E-state index in [2.05, 4.69) is 182 Å². The van der Waals surface area contributed by atoms with Crippen LogP contribution in [0.25, 0.3) is 0 Å². The van der Waals surface area contributed by atoms with Crippen LogP contribution in [0.2, 0.25) is 41.3 Å². The smallest absolute Gasteiger partial charge is 0.311 e. The van der Waals surface area contributed by atoms with Gasteiger partial charge in [0.05, 0.1) is 36.8 Å². The first-order valence-electron chi connectivity index (χ1n) is 26.6. The minimum atomic E-state index is -3.02. The molecule has 0 unspecified atom stereocenters. The van der Waals surface area contributed by atoms with Crippen LogP contribution in [0.1, 0.15) is 149 Å². The molecule has 8 nitrogen and oxygen atoms in total. The Labute approximate surface area is 424 Å². The molecule has 0 amide bonds. The van der Waals surface area contributed by atoms with Crippen LogP contribution in [0.4, 0.5) is 0 Å². The van der Waals surface area contributed by atoms with Crippen molar-refractivity contribution in [2.75, 3.05) is 13.7 Å². The number of benzene rings is 2. The number of methoxy groups -OCH3 is 1. The molecule has 0 aliphatic carbocycles. The molecule has 1 saturated heterocycles. The van der Waals surface area contributed by atoms with Crippen molar-refractivity contribution in [1.29, 1.82) is 0 Å². The lowest BCUT2D eigenvalue weighted by Crippen LogP contribution is -2.68. The average molecular weight is 1010 g/mol. The molecular formula is C58H96O8Si3. The van der Waals surface area contributed by atoms with Gasteiger partial charge in [-0.1, -0.05) is 168 Å². The number of Topliss-reactive ketones (excluding diaryl/α,β-unsaturated/α-hetero) is 1. The predicted molar refractivity (Wildman–Crippen MR) is 296 cm³/mol. The van der Waals surface area contributed by atoms with Crippen LogP contribution in [0, 0.1) is 11.3 Å². The van der Waals surface area contributed by atoms with Crippen molar-refractivity contribution in [1.82, 2.24) is 0 Å². The van der Waals surface area contributed by atoms with Crippen molar-refractivity contribution >= 4 is 47.1 Å². The van der Waals surface area contributed by atoms with Gasteiger partial charge in [0.1, 0.15) is 0 Å². The van der Waals surface area contributed by atoms with E-state index >= 15 is 4.79 Å². The highest BCUT2D eigenvalue weighted by atomic mass is 28.4. The number of ketones is 1. The first-order valence-corrected chi connectivity index (χ1v) is 33.6. The topological polar surface area (TPSA) is 89.5 Å². The molecule has 388 valence electrons. The zero-order chi connectivity index (χ0) is 51.7. The van der Waals surface area contributed by atoms with E-state index in [1.54, 1.807) is 7.11 Å². The van der Waals surface area contributed by atoms with Crippen LogP contribution in [0.3, 0.4) is 0 Å². The van der Waals surface area contributed by atoms with E-state index in [1.807, 2.05) is 13.8 Å². The summed E-state index contributed by atoms with van der Waals surface area (Å²) in [6.45, 7) is 35.0. The number of hydrogen-bond donors (Lipinski definition) is 0. The third-order valence-corrected chi connectivity index (χ3v) is 30.0. The van der Waals surface area contributed by atoms with Crippen molar-refractivity contribution < 1.29 is 37.1 Å². The van der Waals surface area contributed by atoms with Gasteiger partial charge in [-0.05, 0) is 110 Å². The van der Waals surface area contributed by atoms with Gasteiger partial charge in [0.25, 0.3) is 8.32 Å². The van der Waals surface area contributed by atoms with E-state index in [0.29, 0.717) is 19.3 Å². The molecule has 69 heavy (non-hydrogen) atoms. The highest BCUT2D eigenvalue weighted by Crippen LogP contribution is 2.44. The van der Waals surface area contributed by atoms with Gasteiger partial charge in [-0.25, -0.2) is 0 Å². The Balaban J connectivity index is 2.18. The molecule has 1 fully saturated rings. The third kappa shape index (κ3) is 15.4. The van der Waals surface area contributed by atoms with Gasteiger partial charge in [0.15, 0.2) is 28.2 Å². The number of rotatable bonds is 29. The summed E-state index contributed by atoms with van der Waals surface area (Å²) in [6, 6.07) is 27.5. The van der Waals surface area contributed by atoms with E-state index < -0.39 is 48.4 Å². The van der Waals surface area contributed by atoms with Gasteiger partial charge in [-0.2, -0.15) is 0 Å². The lowest BCUT2D eigenvalue weighted by Gasteiger charge is -2.50. The van der Waals surface area contributed by atoms with Crippen LogP contribution in [-0.4, -0.2) is 80.6 Å². The minimum Gasteiger partial charge on any atom is -0.466 e. The van der Waals surface area contributed by atoms with Crippen molar-refractivity contribution in [2.24, 2.45) is 11.3 Å². The van der Waals surface area contributed by atoms with Crippen molar-refractivity contribution in [3.8, 4) is 0 Å². The molecule has 1 aliphatic rings. The van der Waals surface area contributed by atoms with Gasteiger partial charge in [0.2, 0.25) is 0 Å². The summed E-state index contributed by atoms with van der Waals surface area (Å²) in [4.78, 5) is 28.5. The Morgan fingerprint density at radius 3 is 1.80 bits per heavy atom. The van der Waals surface area contributed by atoms with Crippen molar-refractivity contribution in [3.63, 3.8) is 0 Å². The Morgan fingerprint density at radius 1 is 0.812 bits per heavy atom. The molecule has 0 radical (unpaired) electrons. The molecule has 11 heteroatoms. The molecule has 2 aromatic rings. The summed E-state index contributed by atoms with van der Waals surface area (Å²) in [5.41, 5.74) is 0.894. The molecule has 0 saturated carbocycles. The SMILES string of the molecule is C/C=C/CC[C@H](C/C=C(\C)C(=O)C(C)(C)[C@H](O[Si](CC)(CC)CC)[C@@H](C)/C=C(\C)[C@@H]1C[C@H](O[Si](c2ccccc2)(c2ccccc2)C(C)(C)C)C[C@@](CC(=O)OCC)(OC)O1)O[Si](CC)(CC)CC. The Kier molecular flexibility index (Phi) is 24.0. The number of carbonyl (C=O) groups excluding carboxylic acids is 2. The average Bonchev–Trinajstić information content (AvgIpc) is 3.34. The summed E-state index contributed by atoms with van der Waals surface area (Å²) in [5, 5.41) is 2.10. The fourth-order valence-corrected chi connectivity index (χ4v) is 21.6. The summed E-state index contributed by atoms with van der Waals surface area (Å²) in [6.07, 6.45) is 11.0. The fourth-order valence-electron chi connectivity index (χ4n) is 10.9. The van der Waals surface area contributed by atoms with E-state index in [1.165, 1.54) is 10.4 Å². The lowest BCUT2D eigenvalue weighted by atomic mass is 9.74. The highest BCUT2D eigenvalue weighted by Gasteiger charge is 2.55. The summed E-state index contributed by atoms with van der Waals surface area (Å²) >= 11 is 0. The lowest BCUT2D eigenvalue weighted by molar-refractivity contribution is -0.278. The Morgan fingerprint density at radius 2 is 1.33 bits per heavy atom. The van der Waals surface area contributed by atoms with E-state index in [0.717, 1.165) is 60.3 Å². The van der Waals surface area contributed by atoms with Crippen LogP contribution < -0.4 is 10.4 Å². The molecule has 0 spiro atoms. The maximum Gasteiger partial charge on any atom is 0.311 e. The van der Waals surface area contributed by atoms with E-state index in [4.69, 9.17) is 27.5 Å². The molecule has 3 rings (SSSR count). The molecular weight excluding hydrogens is 909 g/mol. The van der Waals surface area contributed by atoms with Gasteiger partial charge in [0, 0.05) is 32.0 Å². The standard InChI is InChI=1S/C58H96O8Si3/c1-18-26-29-34-48(64-67(20-3,21-4)22-5)40-39-45(9)54(60)57(15,16)55(66-68(23-6,24-7)25-8)47(11)41-46(10)52-42-49(43-58(61-17,63-52)44-53(59)62-19-2)65-69(56(12,13)14,50-35-30-27-31-36-50)51-37-32-28-33-38-51/h18,26-28,30-33,35-39,41,47-49,52,55H,19-25,29,34,40,42-44H2,1-17H3/b26-18+,45-39+,46-41+/t47-,48+,49-,52-,55+,58+/m0/s1. The second-order valence-electron chi connectivity index (χ2n) is 21.4. The number of esters is 1. The fraction of sp³-hybridized carbons (Fsp3) is 0.655. The molecule has 6 atom stereocenters. The maximum absolute atomic E-state index is 15.1. The second kappa shape index (κ2) is 27.3. The zero-order valence-corrected chi connectivity index (χ0v) is 49.4. The van der Waals surface area contributed by atoms with Crippen molar-refractivity contribution in [2.45, 2.75) is 221 Å². The Bertz CT molecular complexity index is 1890. The number of hydrogen-bond acceptors (Lipinski definition) is 8.